The number of ether oxygens (including phenoxy) is 1. The molecule has 28 heavy (non-hydrogen) atoms. The topological polar surface area (TPSA) is 45.7 Å². The van der Waals surface area contributed by atoms with E-state index in [4.69, 9.17) is 4.74 Å². The smallest absolute Gasteiger partial charge is 0.241 e. The van der Waals surface area contributed by atoms with E-state index in [0.29, 0.717) is 13.2 Å². The average molecular weight is 380 g/mol. The van der Waals surface area contributed by atoms with Gasteiger partial charge in [0.05, 0.1) is 24.9 Å². The van der Waals surface area contributed by atoms with Crippen LogP contribution in [-0.4, -0.2) is 48.1 Å². The third-order valence-electron chi connectivity index (χ3n) is 5.67. The number of fused-ring (bicyclic) bond motifs is 1. The largest absolute Gasteiger partial charge is 0.371 e. The van der Waals surface area contributed by atoms with Crippen LogP contribution < -0.4 is 4.90 Å². The zero-order valence-corrected chi connectivity index (χ0v) is 16.6. The van der Waals surface area contributed by atoms with Gasteiger partial charge in [0.1, 0.15) is 0 Å². The molecule has 0 bridgehead atoms. The van der Waals surface area contributed by atoms with E-state index in [1.54, 1.807) is 6.20 Å². The number of benzene rings is 1. The summed E-state index contributed by atoms with van der Waals surface area (Å²) >= 11 is 0. The molecule has 2 aliphatic heterocycles. The van der Waals surface area contributed by atoms with Crippen molar-refractivity contribution in [3.63, 3.8) is 0 Å². The maximum Gasteiger partial charge on any atom is 0.241 e. The van der Waals surface area contributed by atoms with Crippen LogP contribution in [0.3, 0.4) is 0 Å². The highest BCUT2D eigenvalue weighted by molar-refractivity contribution is 5.96. The fourth-order valence-corrected chi connectivity index (χ4v) is 4.24. The molecule has 1 atom stereocenters. The van der Waals surface area contributed by atoms with Gasteiger partial charge in [0.15, 0.2) is 0 Å². The normalized spacial score (nSPS) is 20.0. The van der Waals surface area contributed by atoms with Crippen molar-refractivity contribution in [2.24, 2.45) is 0 Å². The molecule has 4 rings (SSSR count). The summed E-state index contributed by atoms with van der Waals surface area (Å²) in [5.74, 6) is 0.204. The Bertz CT molecular complexity index is 809. The third-order valence-corrected chi connectivity index (χ3v) is 5.67. The van der Waals surface area contributed by atoms with Crippen LogP contribution in [0, 0.1) is 6.92 Å². The molecule has 5 nitrogen and oxygen atoms in total. The molecule has 1 aromatic heterocycles. The fourth-order valence-electron chi connectivity index (χ4n) is 4.24. The second-order valence-corrected chi connectivity index (χ2v) is 7.91. The van der Waals surface area contributed by atoms with Gasteiger partial charge in [-0.25, -0.2) is 0 Å². The number of aryl methyl sites for hydroxylation is 2. The maximum absolute atomic E-state index is 13.0. The number of hydrogen-bond acceptors (Lipinski definition) is 4. The number of hydrogen-bond donors (Lipinski definition) is 0. The SMILES string of the molecule is Cc1ccc2c(c1)CCCN2C(=O)CN1CCCC(OCc2ccccn2)C1. The molecule has 1 amide bonds. The van der Waals surface area contributed by atoms with E-state index in [1.165, 1.54) is 11.1 Å². The summed E-state index contributed by atoms with van der Waals surface area (Å²) in [5.41, 5.74) is 4.62. The summed E-state index contributed by atoms with van der Waals surface area (Å²) in [6.45, 7) is 5.71. The lowest BCUT2D eigenvalue weighted by molar-refractivity contribution is -0.121. The van der Waals surface area contributed by atoms with E-state index < -0.39 is 0 Å². The van der Waals surface area contributed by atoms with E-state index in [0.717, 1.165) is 56.7 Å². The molecular formula is C23H29N3O2. The highest BCUT2D eigenvalue weighted by atomic mass is 16.5. The predicted molar refractivity (Wildman–Crippen MR) is 110 cm³/mol. The molecule has 0 N–H and O–H groups in total. The van der Waals surface area contributed by atoms with Crippen LogP contribution in [0.2, 0.25) is 0 Å². The number of carbonyl (C=O) groups is 1. The molecule has 0 saturated carbocycles. The van der Waals surface area contributed by atoms with Crippen LogP contribution in [0.1, 0.15) is 36.1 Å². The molecular weight excluding hydrogens is 350 g/mol. The molecule has 148 valence electrons. The highest BCUT2D eigenvalue weighted by Crippen LogP contribution is 2.28. The van der Waals surface area contributed by atoms with Gasteiger partial charge in [0, 0.05) is 25.0 Å². The summed E-state index contributed by atoms with van der Waals surface area (Å²) in [6, 6.07) is 12.3. The Morgan fingerprint density at radius 3 is 3.00 bits per heavy atom. The Hall–Kier alpha value is -2.24. The van der Waals surface area contributed by atoms with Crippen LogP contribution in [0.25, 0.3) is 0 Å². The minimum atomic E-state index is 0.167. The number of aromatic nitrogens is 1. The van der Waals surface area contributed by atoms with Crippen molar-refractivity contribution in [1.29, 1.82) is 0 Å². The first-order chi connectivity index (χ1) is 13.7. The van der Waals surface area contributed by atoms with E-state index in [9.17, 15) is 4.79 Å². The van der Waals surface area contributed by atoms with Crippen molar-refractivity contribution in [3.05, 3.63) is 59.4 Å². The van der Waals surface area contributed by atoms with Gasteiger partial charge in [0.2, 0.25) is 5.91 Å². The summed E-state index contributed by atoms with van der Waals surface area (Å²) in [5, 5.41) is 0. The van der Waals surface area contributed by atoms with Crippen molar-refractivity contribution < 1.29 is 9.53 Å². The van der Waals surface area contributed by atoms with E-state index in [1.807, 2.05) is 23.1 Å². The Labute approximate surface area is 167 Å². The summed E-state index contributed by atoms with van der Waals surface area (Å²) < 4.78 is 6.07. The van der Waals surface area contributed by atoms with Crippen molar-refractivity contribution in [1.82, 2.24) is 9.88 Å². The van der Waals surface area contributed by atoms with Gasteiger partial charge < -0.3 is 9.64 Å². The molecule has 1 fully saturated rings. The molecule has 1 aromatic carbocycles. The van der Waals surface area contributed by atoms with Crippen LogP contribution in [0.15, 0.2) is 42.6 Å². The number of nitrogens with zero attached hydrogens (tertiary/aromatic N) is 3. The molecule has 2 aliphatic rings. The standard InChI is InChI=1S/C23H29N3O2/c1-18-9-10-22-19(14-18)6-4-13-26(22)23(27)16-25-12-5-8-21(15-25)28-17-20-7-2-3-11-24-20/h2-3,7,9-11,14,21H,4-6,8,12-13,15-17H2,1H3. The van der Waals surface area contributed by atoms with Crippen molar-refractivity contribution in [2.75, 3.05) is 31.1 Å². The van der Waals surface area contributed by atoms with E-state index in [-0.39, 0.29) is 12.0 Å². The van der Waals surface area contributed by atoms with Crippen molar-refractivity contribution in [3.8, 4) is 0 Å². The van der Waals surface area contributed by atoms with Crippen molar-refractivity contribution in [2.45, 2.75) is 45.3 Å². The second-order valence-electron chi connectivity index (χ2n) is 7.91. The van der Waals surface area contributed by atoms with Crippen LogP contribution in [-0.2, 0) is 22.6 Å². The zero-order valence-electron chi connectivity index (χ0n) is 16.6. The highest BCUT2D eigenvalue weighted by Gasteiger charge is 2.27. The average Bonchev–Trinajstić information content (AvgIpc) is 2.72. The molecule has 3 heterocycles. The number of likely N-dealkylation sites (tertiary alicyclic amines) is 1. The van der Waals surface area contributed by atoms with Gasteiger partial charge in [-0.15, -0.1) is 0 Å². The summed E-state index contributed by atoms with van der Waals surface area (Å²) in [6.07, 6.45) is 6.17. The number of amides is 1. The fraction of sp³-hybridized carbons (Fsp3) is 0.478. The monoisotopic (exact) mass is 379 g/mol. The number of piperidine rings is 1. The Morgan fingerprint density at radius 2 is 2.14 bits per heavy atom. The molecule has 5 heteroatoms. The zero-order chi connectivity index (χ0) is 19.3. The number of anilines is 1. The van der Waals surface area contributed by atoms with Crippen LogP contribution in [0.4, 0.5) is 5.69 Å². The third kappa shape index (κ3) is 4.59. The van der Waals surface area contributed by atoms with Gasteiger partial charge in [-0.2, -0.15) is 0 Å². The van der Waals surface area contributed by atoms with Crippen LogP contribution >= 0.6 is 0 Å². The molecule has 1 saturated heterocycles. The molecule has 0 aliphatic carbocycles. The van der Waals surface area contributed by atoms with Gasteiger partial charge in [0.25, 0.3) is 0 Å². The van der Waals surface area contributed by atoms with Crippen molar-refractivity contribution >= 4 is 11.6 Å². The number of pyridine rings is 1. The predicted octanol–water partition coefficient (Wildman–Crippen LogP) is 3.35. The Kier molecular flexibility index (Phi) is 6.03. The van der Waals surface area contributed by atoms with Crippen LogP contribution in [0.5, 0.6) is 0 Å². The lowest BCUT2D eigenvalue weighted by atomic mass is 9.99. The maximum atomic E-state index is 13.0. The Morgan fingerprint density at radius 1 is 1.21 bits per heavy atom. The second kappa shape index (κ2) is 8.84. The van der Waals surface area contributed by atoms with Gasteiger partial charge >= 0.3 is 0 Å². The van der Waals surface area contributed by atoms with E-state index in [2.05, 4.69) is 35.0 Å². The van der Waals surface area contributed by atoms with Gasteiger partial charge in [-0.3, -0.25) is 14.7 Å². The van der Waals surface area contributed by atoms with Gasteiger partial charge in [-0.1, -0.05) is 23.8 Å². The number of carbonyl (C=O) groups excluding carboxylic acids is 1. The lowest BCUT2D eigenvalue weighted by Gasteiger charge is -2.35. The quantitative estimate of drug-likeness (QED) is 0.799. The van der Waals surface area contributed by atoms with Gasteiger partial charge in [-0.05, 0) is 62.9 Å². The summed E-state index contributed by atoms with van der Waals surface area (Å²) in [4.78, 5) is 21.6. The first kappa shape index (κ1) is 19.1. The minimum absolute atomic E-state index is 0.167. The molecule has 0 radical (unpaired) electrons. The Balaban J connectivity index is 1.33. The first-order valence-electron chi connectivity index (χ1n) is 10.3. The molecule has 1 unspecified atom stereocenters. The molecule has 0 spiro atoms. The van der Waals surface area contributed by atoms with E-state index >= 15 is 0 Å². The molecule has 2 aromatic rings. The summed E-state index contributed by atoms with van der Waals surface area (Å²) in [7, 11) is 0. The number of rotatable bonds is 5. The first-order valence-corrected chi connectivity index (χ1v) is 10.3. The lowest BCUT2D eigenvalue weighted by Crippen LogP contribution is -2.47. The minimum Gasteiger partial charge on any atom is -0.371 e.